The fraction of sp³-hybridized carbons (Fsp3) is 0.769. The number of amides is 1. The summed E-state index contributed by atoms with van der Waals surface area (Å²) < 4.78 is 0. The van der Waals surface area contributed by atoms with E-state index < -0.39 is 0 Å². The minimum atomic E-state index is 0.201. The van der Waals surface area contributed by atoms with Gasteiger partial charge < -0.3 is 15.5 Å². The van der Waals surface area contributed by atoms with Crippen molar-refractivity contribution in [3.05, 3.63) is 12.2 Å². The Morgan fingerprint density at radius 3 is 2.94 bits per heavy atom. The number of nitrogens with two attached hydrogens (primary N) is 1. The summed E-state index contributed by atoms with van der Waals surface area (Å²) in [5, 5.41) is 0. The largest absolute Gasteiger partial charge is 0.336 e. The highest BCUT2D eigenvalue weighted by Crippen LogP contribution is 2.22. The molecule has 1 heterocycles. The molecule has 2 unspecified atom stereocenters. The molecule has 4 nitrogen and oxygen atoms in total. The third-order valence-corrected chi connectivity index (χ3v) is 3.83. The maximum atomic E-state index is 12.2. The highest BCUT2D eigenvalue weighted by Gasteiger charge is 2.29. The number of nitrogens with zero attached hydrogens (tertiary/aromatic N) is 2. The normalized spacial score (nSPS) is 29.9. The van der Waals surface area contributed by atoms with Crippen LogP contribution in [-0.2, 0) is 4.79 Å². The van der Waals surface area contributed by atoms with Gasteiger partial charge in [0.1, 0.15) is 0 Å². The van der Waals surface area contributed by atoms with Crippen LogP contribution >= 0.6 is 0 Å². The molecule has 0 aromatic carbocycles. The SMILES string of the molecule is CN1CCN(C(=O)CC2C=CCC2)C(CN)C1. The van der Waals surface area contributed by atoms with E-state index >= 15 is 0 Å². The molecule has 1 aliphatic carbocycles. The average Bonchev–Trinajstić information content (AvgIpc) is 2.81. The Hall–Kier alpha value is -0.870. The molecule has 1 fully saturated rings. The van der Waals surface area contributed by atoms with Crippen molar-refractivity contribution in [1.29, 1.82) is 0 Å². The molecule has 2 atom stereocenters. The molecule has 1 saturated heterocycles. The topological polar surface area (TPSA) is 49.6 Å². The Balaban J connectivity index is 1.90. The number of carbonyl (C=O) groups excluding carboxylic acids is 1. The first-order valence-electron chi connectivity index (χ1n) is 6.55. The van der Waals surface area contributed by atoms with Crippen LogP contribution in [0.1, 0.15) is 19.3 Å². The maximum Gasteiger partial charge on any atom is 0.223 e. The summed E-state index contributed by atoms with van der Waals surface area (Å²) in [7, 11) is 2.09. The van der Waals surface area contributed by atoms with Crippen LogP contribution in [0.3, 0.4) is 0 Å². The second-order valence-corrected chi connectivity index (χ2v) is 5.21. The van der Waals surface area contributed by atoms with Crippen LogP contribution in [0.5, 0.6) is 0 Å². The van der Waals surface area contributed by atoms with Crippen molar-refractivity contribution in [1.82, 2.24) is 9.80 Å². The van der Waals surface area contributed by atoms with Gasteiger partial charge in [-0.15, -0.1) is 0 Å². The van der Waals surface area contributed by atoms with Gasteiger partial charge >= 0.3 is 0 Å². The molecule has 2 aliphatic rings. The fourth-order valence-electron chi connectivity index (χ4n) is 2.75. The molecular weight excluding hydrogens is 214 g/mol. The van der Waals surface area contributed by atoms with Crippen LogP contribution in [0.25, 0.3) is 0 Å². The lowest BCUT2D eigenvalue weighted by Gasteiger charge is -2.40. The van der Waals surface area contributed by atoms with Gasteiger partial charge in [-0.25, -0.2) is 0 Å². The lowest BCUT2D eigenvalue weighted by molar-refractivity contribution is -0.136. The Kier molecular flexibility index (Phi) is 4.18. The monoisotopic (exact) mass is 237 g/mol. The van der Waals surface area contributed by atoms with Crippen molar-refractivity contribution in [3.63, 3.8) is 0 Å². The summed E-state index contributed by atoms with van der Waals surface area (Å²) in [6.07, 6.45) is 7.29. The van der Waals surface area contributed by atoms with E-state index in [0.29, 0.717) is 18.9 Å². The Morgan fingerprint density at radius 2 is 2.29 bits per heavy atom. The zero-order chi connectivity index (χ0) is 12.3. The lowest BCUT2D eigenvalue weighted by Crippen LogP contribution is -2.56. The standard InChI is InChI=1S/C13H23N3O/c1-15-6-7-16(12(9-14)10-15)13(17)8-11-4-2-3-5-11/h2,4,11-12H,3,5-10,14H2,1H3. The number of likely N-dealkylation sites (N-methyl/N-ethyl adjacent to an activating group) is 1. The summed E-state index contributed by atoms with van der Waals surface area (Å²) in [5.74, 6) is 0.741. The van der Waals surface area contributed by atoms with Crippen molar-refractivity contribution >= 4 is 5.91 Å². The molecule has 17 heavy (non-hydrogen) atoms. The third kappa shape index (κ3) is 3.07. The van der Waals surface area contributed by atoms with Crippen molar-refractivity contribution < 1.29 is 4.79 Å². The average molecular weight is 237 g/mol. The quantitative estimate of drug-likeness (QED) is 0.725. The first-order valence-corrected chi connectivity index (χ1v) is 6.55. The van der Waals surface area contributed by atoms with Gasteiger partial charge in [0, 0.05) is 32.6 Å². The van der Waals surface area contributed by atoms with E-state index in [1.807, 2.05) is 4.90 Å². The van der Waals surface area contributed by atoms with E-state index in [0.717, 1.165) is 32.5 Å². The first kappa shape index (κ1) is 12.6. The van der Waals surface area contributed by atoms with Crippen molar-refractivity contribution in [3.8, 4) is 0 Å². The Morgan fingerprint density at radius 1 is 1.47 bits per heavy atom. The number of rotatable bonds is 3. The summed E-state index contributed by atoms with van der Waals surface area (Å²) in [6, 6.07) is 0.201. The number of allylic oxidation sites excluding steroid dienone is 2. The highest BCUT2D eigenvalue weighted by molar-refractivity contribution is 5.77. The fourth-order valence-corrected chi connectivity index (χ4v) is 2.75. The highest BCUT2D eigenvalue weighted by atomic mass is 16.2. The van der Waals surface area contributed by atoms with E-state index in [1.165, 1.54) is 0 Å². The van der Waals surface area contributed by atoms with Gasteiger partial charge in [-0.05, 0) is 25.8 Å². The van der Waals surface area contributed by atoms with E-state index in [1.54, 1.807) is 0 Å². The van der Waals surface area contributed by atoms with E-state index in [4.69, 9.17) is 5.73 Å². The molecule has 96 valence electrons. The molecule has 0 bridgehead atoms. The smallest absolute Gasteiger partial charge is 0.223 e. The van der Waals surface area contributed by atoms with Crippen molar-refractivity contribution in [2.75, 3.05) is 33.2 Å². The van der Waals surface area contributed by atoms with Crippen LogP contribution in [0.15, 0.2) is 12.2 Å². The molecule has 2 rings (SSSR count). The van der Waals surface area contributed by atoms with Crippen LogP contribution in [0.2, 0.25) is 0 Å². The molecule has 1 aliphatic heterocycles. The van der Waals surface area contributed by atoms with Crippen molar-refractivity contribution in [2.24, 2.45) is 11.7 Å². The van der Waals surface area contributed by atoms with Gasteiger partial charge in [0.25, 0.3) is 0 Å². The van der Waals surface area contributed by atoms with Crippen LogP contribution in [-0.4, -0.2) is 55.0 Å². The summed E-state index contributed by atoms with van der Waals surface area (Å²) >= 11 is 0. The molecule has 4 heteroatoms. The first-order chi connectivity index (χ1) is 8.20. The molecule has 0 aromatic heterocycles. The van der Waals surface area contributed by atoms with E-state index in [-0.39, 0.29) is 11.9 Å². The minimum Gasteiger partial charge on any atom is -0.336 e. The molecule has 0 saturated carbocycles. The maximum absolute atomic E-state index is 12.2. The summed E-state index contributed by atoms with van der Waals surface area (Å²) in [5.41, 5.74) is 5.77. The number of hydrogen-bond acceptors (Lipinski definition) is 3. The molecule has 1 amide bonds. The van der Waals surface area contributed by atoms with Gasteiger partial charge in [0.05, 0.1) is 6.04 Å². The predicted molar refractivity (Wildman–Crippen MR) is 68.5 cm³/mol. The number of piperazine rings is 1. The predicted octanol–water partition coefficient (Wildman–Crippen LogP) is 0.444. The van der Waals surface area contributed by atoms with E-state index in [2.05, 4.69) is 24.1 Å². The second-order valence-electron chi connectivity index (χ2n) is 5.21. The number of hydrogen-bond donors (Lipinski definition) is 1. The molecule has 0 aromatic rings. The van der Waals surface area contributed by atoms with Gasteiger partial charge in [0.2, 0.25) is 5.91 Å². The zero-order valence-electron chi connectivity index (χ0n) is 10.6. The lowest BCUT2D eigenvalue weighted by atomic mass is 10.0. The molecule has 0 spiro atoms. The minimum absolute atomic E-state index is 0.201. The zero-order valence-corrected chi connectivity index (χ0v) is 10.6. The van der Waals surface area contributed by atoms with Gasteiger partial charge in [0.15, 0.2) is 0 Å². The number of carbonyl (C=O) groups is 1. The van der Waals surface area contributed by atoms with Crippen LogP contribution in [0.4, 0.5) is 0 Å². The Bertz CT molecular complexity index is 303. The van der Waals surface area contributed by atoms with Crippen LogP contribution < -0.4 is 5.73 Å². The molecule has 0 radical (unpaired) electrons. The third-order valence-electron chi connectivity index (χ3n) is 3.83. The molecule has 2 N–H and O–H groups in total. The second kappa shape index (κ2) is 5.65. The van der Waals surface area contributed by atoms with E-state index in [9.17, 15) is 4.79 Å². The Labute approximate surface area is 103 Å². The van der Waals surface area contributed by atoms with Gasteiger partial charge in [-0.3, -0.25) is 4.79 Å². The summed E-state index contributed by atoms with van der Waals surface area (Å²) in [4.78, 5) is 16.5. The summed E-state index contributed by atoms with van der Waals surface area (Å²) in [6.45, 7) is 3.26. The van der Waals surface area contributed by atoms with Crippen molar-refractivity contribution in [2.45, 2.75) is 25.3 Å². The molecular formula is C13H23N3O. The van der Waals surface area contributed by atoms with Gasteiger partial charge in [-0.2, -0.15) is 0 Å². The van der Waals surface area contributed by atoms with Gasteiger partial charge in [-0.1, -0.05) is 12.2 Å². The van der Waals surface area contributed by atoms with Crippen LogP contribution in [0, 0.1) is 5.92 Å².